The first-order chi connectivity index (χ1) is 16.2. The van der Waals surface area contributed by atoms with Gasteiger partial charge in [0.2, 0.25) is 0 Å². The maximum Gasteiger partial charge on any atom is 0.308 e. The Morgan fingerprint density at radius 3 is 1.64 bits per heavy atom. The fraction of sp³-hybridized carbons (Fsp3) is 0.167. The van der Waals surface area contributed by atoms with Gasteiger partial charge in [0, 0.05) is 40.9 Å². The van der Waals surface area contributed by atoms with Gasteiger partial charge in [-0.25, -0.2) is 0 Å². The third kappa shape index (κ3) is 6.84. The van der Waals surface area contributed by atoms with E-state index >= 15 is 0 Å². The normalized spacial score (nSPS) is 11.8. The SMILES string of the molecule is CC(=O)Oc1ccc(CC(c2ccccc2)[S+](Cc2ccccc2)Cc2ccccc2)cc1. The van der Waals surface area contributed by atoms with Gasteiger partial charge in [-0.2, -0.15) is 0 Å². The number of carbonyl (C=O) groups is 1. The lowest BCUT2D eigenvalue weighted by Gasteiger charge is -2.21. The molecule has 0 saturated carbocycles. The van der Waals surface area contributed by atoms with Crippen molar-refractivity contribution in [2.45, 2.75) is 30.1 Å². The Labute approximate surface area is 199 Å². The lowest BCUT2D eigenvalue weighted by molar-refractivity contribution is -0.131. The third-order valence-electron chi connectivity index (χ3n) is 5.57. The third-order valence-corrected chi connectivity index (χ3v) is 8.22. The molecule has 3 heteroatoms. The highest BCUT2D eigenvalue weighted by atomic mass is 32.2. The van der Waals surface area contributed by atoms with E-state index in [1.165, 1.54) is 29.2 Å². The highest BCUT2D eigenvalue weighted by Crippen LogP contribution is 2.34. The highest BCUT2D eigenvalue weighted by molar-refractivity contribution is 7.95. The number of esters is 1. The van der Waals surface area contributed by atoms with Crippen molar-refractivity contribution in [3.05, 3.63) is 138 Å². The second-order valence-electron chi connectivity index (χ2n) is 8.14. The average Bonchev–Trinajstić information content (AvgIpc) is 2.85. The van der Waals surface area contributed by atoms with Crippen LogP contribution in [-0.4, -0.2) is 5.97 Å². The smallest absolute Gasteiger partial charge is 0.308 e. The fourth-order valence-corrected chi connectivity index (χ4v) is 6.71. The van der Waals surface area contributed by atoms with Crippen LogP contribution in [0.2, 0.25) is 0 Å². The molecule has 0 amide bonds. The summed E-state index contributed by atoms with van der Waals surface area (Å²) in [6.45, 7) is 1.43. The summed E-state index contributed by atoms with van der Waals surface area (Å²) in [5.41, 5.74) is 5.38. The van der Waals surface area contributed by atoms with Gasteiger partial charge < -0.3 is 4.74 Å². The molecule has 0 spiro atoms. The number of hydrogen-bond acceptors (Lipinski definition) is 2. The van der Waals surface area contributed by atoms with Crippen molar-refractivity contribution >= 4 is 16.9 Å². The number of hydrogen-bond donors (Lipinski definition) is 0. The predicted molar refractivity (Wildman–Crippen MR) is 138 cm³/mol. The van der Waals surface area contributed by atoms with Crippen molar-refractivity contribution in [3.8, 4) is 5.75 Å². The van der Waals surface area contributed by atoms with Crippen LogP contribution < -0.4 is 4.74 Å². The molecule has 0 aromatic heterocycles. The zero-order valence-electron chi connectivity index (χ0n) is 18.9. The van der Waals surface area contributed by atoms with Crippen molar-refractivity contribution < 1.29 is 9.53 Å². The van der Waals surface area contributed by atoms with Crippen LogP contribution in [0.1, 0.15) is 34.4 Å². The molecule has 4 rings (SSSR count). The lowest BCUT2D eigenvalue weighted by atomic mass is 10.0. The summed E-state index contributed by atoms with van der Waals surface area (Å²) in [6, 6.07) is 40.5. The molecular formula is C30H29O2S+. The summed E-state index contributed by atoms with van der Waals surface area (Å²) in [5, 5.41) is 0.381. The number of benzene rings is 4. The van der Waals surface area contributed by atoms with E-state index in [1.807, 2.05) is 12.1 Å². The molecule has 2 nitrogen and oxygen atoms in total. The van der Waals surface area contributed by atoms with Gasteiger partial charge in [-0.1, -0.05) is 103 Å². The summed E-state index contributed by atoms with van der Waals surface area (Å²) in [7, 11) is 0.0845. The standard InChI is InChI=1S/C30H29O2S/c1-24(31)32-29-19-17-25(18-20-29)21-30(28-15-9-4-10-16-28)33(22-26-11-5-2-6-12-26)23-27-13-7-3-8-14-27/h2-20,30H,21-23H2,1H3/q+1. The van der Waals surface area contributed by atoms with E-state index in [0.717, 1.165) is 17.9 Å². The minimum Gasteiger partial charge on any atom is -0.427 e. The molecule has 0 N–H and O–H groups in total. The molecule has 0 fully saturated rings. The Bertz CT molecular complexity index is 1080. The quantitative estimate of drug-likeness (QED) is 0.156. The first-order valence-electron chi connectivity index (χ1n) is 11.2. The summed E-state index contributed by atoms with van der Waals surface area (Å²) in [5.74, 6) is 2.38. The Morgan fingerprint density at radius 1 is 0.667 bits per heavy atom. The van der Waals surface area contributed by atoms with Crippen molar-refractivity contribution in [1.29, 1.82) is 0 Å². The number of ether oxygens (including phenoxy) is 1. The van der Waals surface area contributed by atoms with E-state index in [-0.39, 0.29) is 16.9 Å². The van der Waals surface area contributed by atoms with Crippen LogP contribution in [0.25, 0.3) is 0 Å². The Kier molecular flexibility index (Phi) is 7.99. The maximum absolute atomic E-state index is 11.3. The van der Waals surface area contributed by atoms with E-state index in [9.17, 15) is 4.79 Å². The monoisotopic (exact) mass is 453 g/mol. The Balaban J connectivity index is 1.66. The van der Waals surface area contributed by atoms with Gasteiger partial charge in [0.15, 0.2) is 0 Å². The van der Waals surface area contributed by atoms with Gasteiger partial charge in [-0.15, -0.1) is 0 Å². The van der Waals surface area contributed by atoms with Gasteiger partial charge in [-0.3, -0.25) is 4.79 Å². The molecule has 0 saturated heterocycles. The summed E-state index contributed by atoms with van der Waals surface area (Å²) < 4.78 is 5.23. The fourth-order valence-electron chi connectivity index (χ4n) is 4.00. The molecule has 166 valence electrons. The Morgan fingerprint density at radius 2 is 1.15 bits per heavy atom. The van der Waals surface area contributed by atoms with Crippen molar-refractivity contribution in [3.63, 3.8) is 0 Å². The highest BCUT2D eigenvalue weighted by Gasteiger charge is 2.33. The van der Waals surface area contributed by atoms with Gasteiger partial charge in [0.1, 0.15) is 22.5 Å². The van der Waals surface area contributed by atoms with Crippen LogP contribution >= 0.6 is 0 Å². The first-order valence-corrected chi connectivity index (χ1v) is 12.9. The van der Waals surface area contributed by atoms with Crippen LogP contribution in [-0.2, 0) is 33.6 Å². The van der Waals surface area contributed by atoms with E-state index < -0.39 is 0 Å². The van der Waals surface area contributed by atoms with Crippen molar-refractivity contribution in [1.82, 2.24) is 0 Å². The van der Waals surface area contributed by atoms with Crippen molar-refractivity contribution in [2.75, 3.05) is 0 Å². The molecule has 1 atom stereocenters. The maximum atomic E-state index is 11.3. The van der Waals surface area contributed by atoms with Gasteiger partial charge in [0.25, 0.3) is 0 Å². The lowest BCUT2D eigenvalue weighted by Crippen LogP contribution is -2.21. The molecule has 0 radical (unpaired) electrons. The van der Waals surface area contributed by atoms with E-state index in [4.69, 9.17) is 4.74 Å². The molecule has 0 aliphatic rings. The van der Waals surface area contributed by atoms with Crippen LogP contribution in [0.3, 0.4) is 0 Å². The number of carbonyl (C=O) groups excluding carboxylic acids is 1. The van der Waals surface area contributed by atoms with Gasteiger partial charge in [-0.05, 0) is 17.7 Å². The van der Waals surface area contributed by atoms with E-state index in [0.29, 0.717) is 11.0 Å². The van der Waals surface area contributed by atoms with Gasteiger partial charge >= 0.3 is 5.97 Å². The zero-order valence-corrected chi connectivity index (χ0v) is 19.7. The topological polar surface area (TPSA) is 26.3 Å². The zero-order chi connectivity index (χ0) is 22.9. The molecule has 0 aliphatic heterocycles. The molecule has 0 heterocycles. The molecule has 1 unspecified atom stereocenters. The van der Waals surface area contributed by atoms with Crippen molar-refractivity contribution in [2.24, 2.45) is 0 Å². The van der Waals surface area contributed by atoms with Crippen LogP contribution in [0.4, 0.5) is 0 Å². The van der Waals surface area contributed by atoms with Crippen LogP contribution in [0, 0.1) is 0 Å². The summed E-state index contributed by atoms with van der Waals surface area (Å²) in [6.07, 6.45) is 0.938. The van der Waals surface area contributed by atoms with E-state index in [1.54, 1.807) is 0 Å². The predicted octanol–water partition coefficient (Wildman–Crippen LogP) is 6.91. The molecule has 0 bridgehead atoms. The Hall–Kier alpha value is -3.30. The second-order valence-corrected chi connectivity index (χ2v) is 10.4. The summed E-state index contributed by atoms with van der Waals surface area (Å²) in [4.78, 5) is 11.3. The van der Waals surface area contributed by atoms with Crippen LogP contribution in [0.5, 0.6) is 5.75 Å². The van der Waals surface area contributed by atoms with E-state index in [2.05, 4.69) is 103 Å². The largest absolute Gasteiger partial charge is 0.427 e. The molecule has 4 aromatic rings. The number of rotatable bonds is 9. The minimum atomic E-state index is -0.294. The molecule has 33 heavy (non-hydrogen) atoms. The van der Waals surface area contributed by atoms with Crippen LogP contribution in [0.15, 0.2) is 115 Å². The summed E-state index contributed by atoms with van der Waals surface area (Å²) >= 11 is 0. The van der Waals surface area contributed by atoms with Gasteiger partial charge in [0.05, 0.1) is 0 Å². The minimum absolute atomic E-state index is 0.0845. The molecular weight excluding hydrogens is 424 g/mol. The molecule has 0 aliphatic carbocycles. The second kappa shape index (κ2) is 11.5. The average molecular weight is 454 g/mol. The first kappa shape index (κ1) is 22.9. The molecule has 4 aromatic carbocycles.